The first kappa shape index (κ1) is 17.0. The number of carboxylic acid groups (broad SMARTS) is 1. The highest BCUT2D eigenvalue weighted by molar-refractivity contribution is 5.94. The first-order valence-corrected chi connectivity index (χ1v) is 7.78. The number of carbonyl (C=O) groups is 3. The molecule has 6 nitrogen and oxygen atoms in total. The molecule has 2 rings (SSSR count). The Morgan fingerprint density at radius 3 is 2.43 bits per heavy atom. The van der Waals surface area contributed by atoms with Crippen LogP contribution in [0.3, 0.4) is 0 Å². The predicted octanol–water partition coefficient (Wildman–Crippen LogP) is 1.49. The van der Waals surface area contributed by atoms with Gasteiger partial charge >= 0.3 is 5.97 Å². The first-order valence-electron chi connectivity index (χ1n) is 7.78. The van der Waals surface area contributed by atoms with Gasteiger partial charge in [0.05, 0.1) is 5.41 Å². The number of hydrogen-bond donors (Lipinski definition) is 3. The SMILES string of the molecule is Cc1cccc(C(=O)NCCNC(=O)CC2(C(=O)O)CCC2)c1. The first-order chi connectivity index (χ1) is 10.9. The van der Waals surface area contributed by atoms with E-state index in [0.29, 0.717) is 24.9 Å². The van der Waals surface area contributed by atoms with Crippen molar-refractivity contribution in [2.45, 2.75) is 32.6 Å². The second-order valence-electron chi connectivity index (χ2n) is 6.09. The standard InChI is InChI=1S/C17H22N2O4/c1-12-4-2-5-13(10-12)15(21)19-9-8-18-14(20)11-17(16(22)23)6-3-7-17/h2,4-5,10H,3,6-9,11H2,1H3,(H,18,20)(H,19,21)(H,22,23). The zero-order chi connectivity index (χ0) is 16.9. The minimum Gasteiger partial charge on any atom is -0.481 e. The van der Waals surface area contributed by atoms with Gasteiger partial charge in [0, 0.05) is 25.1 Å². The quantitative estimate of drug-likeness (QED) is 0.664. The Morgan fingerprint density at radius 2 is 1.87 bits per heavy atom. The number of carbonyl (C=O) groups excluding carboxylic acids is 2. The van der Waals surface area contributed by atoms with E-state index < -0.39 is 11.4 Å². The van der Waals surface area contributed by atoms with Crippen LogP contribution in [0.1, 0.15) is 41.6 Å². The van der Waals surface area contributed by atoms with Crippen LogP contribution in [-0.4, -0.2) is 36.0 Å². The maximum Gasteiger partial charge on any atom is 0.310 e. The Kier molecular flexibility index (Phi) is 5.36. The molecule has 23 heavy (non-hydrogen) atoms. The topological polar surface area (TPSA) is 95.5 Å². The molecule has 0 atom stereocenters. The third-order valence-corrected chi connectivity index (χ3v) is 4.28. The zero-order valence-corrected chi connectivity index (χ0v) is 13.2. The Hall–Kier alpha value is -2.37. The van der Waals surface area contributed by atoms with Crippen molar-refractivity contribution in [1.82, 2.24) is 10.6 Å². The monoisotopic (exact) mass is 318 g/mol. The number of hydrogen-bond acceptors (Lipinski definition) is 3. The van der Waals surface area contributed by atoms with Crippen LogP contribution in [-0.2, 0) is 9.59 Å². The summed E-state index contributed by atoms with van der Waals surface area (Å²) in [7, 11) is 0. The zero-order valence-electron chi connectivity index (χ0n) is 13.2. The van der Waals surface area contributed by atoms with E-state index in [-0.39, 0.29) is 24.8 Å². The van der Waals surface area contributed by atoms with Crippen molar-refractivity contribution >= 4 is 17.8 Å². The highest BCUT2D eigenvalue weighted by atomic mass is 16.4. The van der Waals surface area contributed by atoms with E-state index in [2.05, 4.69) is 10.6 Å². The van der Waals surface area contributed by atoms with E-state index in [0.717, 1.165) is 12.0 Å². The molecule has 1 fully saturated rings. The largest absolute Gasteiger partial charge is 0.481 e. The molecular weight excluding hydrogens is 296 g/mol. The van der Waals surface area contributed by atoms with Gasteiger partial charge in [-0.3, -0.25) is 14.4 Å². The molecule has 124 valence electrons. The summed E-state index contributed by atoms with van der Waals surface area (Å²) in [6, 6.07) is 7.25. The smallest absolute Gasteiger partial charge is 0.310 e. The molecule has 0 saturated heterocycles. The molecule has 0 spiro atoms. The second-order valence-corrected chi connectivity index (χ2v) is 6.09. The normalized spacial score (nSPS) is 15.3. The predicted molar refractivity (Wildman–Crippen MR) is 85.1 cm³/mol. The number of carboxylic acids is 1. The molecule has 0 radical (unpaired) electrons. The molecule has 0 unspecified atom stereocenters. The van der Waals surface area contributed by atoms with Crippen LogP contribution in [0.2, 0.25) is 0 Å². The number of nitrogens with one attached hydrogen (secondary N) is 2. The summed E-state index contributed by atoms with van der Waals surface area (Å²) in [4.78, 5) is 34.9. The van der Waals surface area contributed by atoms with E-state index in [9.17, 15) is 19.5 Å². The number of amides is 2. The number of aryl methyl sites for hydroxylation is 1. The van der Waals surface area contributed by atoms with E-state index in [4.69, 9.17) is 0 Å². The summed E-state index contributed by atoms with van der Waals surface area (Å²) in [5.74, 6) is -1.37. The van der Waals surface area contributed by atoms with Crippen molar-refractivity contribution in [1.29, 1.82) is 0 Å². The van der Waals surface area contributed by atoms with Crippen molar-refractivity contribution in [2.75, 3.05) is 13.1 Å². The highest BCUT2D eigenvalue weighted by Gasteiger charge is 2.45. The lowest BCUT2D eigenvalue weighted by Gasteiger charge is -2.36. The lowest BCUT2D eigenvalue weighted by atomic mass is 9.66. The van der Waals surface area contributed by atoms with Gasteiger partial charge in [0.25, 0.3) is 5.91 Å². The van der Waals surface area contributed by atoms with Crippen molar-refractivity contribution in [2.24, 2.45) is 5.41 Å². The van der Waals surface area contributed by atoms with Crippen molar-refractivity contribution in [3.8, 4) is 0 Å². The van der Waals surface area contributed by atoms with Gasteiger partial charge in [-0.15, -0.1) is 0 Å². The third kappa shape index (κ3) is 4.31. The Balaban J connectivity index is 1.70. The van der Waals surface area contributed by atoms with E-state index in [1.165, 1.54) is 0 Å². The molecule has 1 aliphatic carbocycles. The summed E-state index contributed by atoms with van der Waals surface area (Å²) in [5.41, 5.74) is 0.704. The summed E-state index contributed by atoms with van der Waals surface area (Å²) in [5, 5.41) is 14.6. The van der Waals surface area contributed by atoms with Gasteiger partial charge in [-0.25, -0.2) is 0 Å². The second kappa shape index (κ2) is 7.26. The minimum absolute atomic E-state index is 0.00809. The Bertz CT molecular complexity index is 608. The molecule has 0 aromatic heterocycles. The third-order valence-electron chi connectivity index (χ3n) is 4.28. The van der Waals surface area contributed by atoms with E-state index in [1.54, 1.807) is 12.1 Å². The van der Waals surface area contributed by atoms with Crippen LogP contribution < -0.4 is 10.6 Å². The van der Waals surface area contributed by atoms with Gasteiger partial charge in [-0.05, 0) is 31.9 Å². The maximum atomic E-state index is 11.9. The van der Waals surface area contributed by atoms with Gasteiger partial charge in [0.2, 0.25) is 5.91 Å². The number of aliphatic carboxylic acids is 1. The highest BCUT2D eigenvalue weighted by Crippen LogP contribution is 2.44. The minimum atomic E-state index is -0.897. The summed E-state index contributed by atoms with van der Waals surface area (Å²) >= 11 is 0. The summed E-state index contributed by atoms with van der Waals surface area (Å²) < 4.78 is 0. The Morgan fingerprint density at radius 1 is 1.17 bits per heavy atom. The lowest BCUT2D eigenvalue weighted by molar-refractivity contribution is -0.157. The average molecular weight is 318 g/mol. The van der Waals surface area contributed by atoms with Crippen molar-refractivity contribution < 1.29 is 19.5 Å². The number of benzene rings is 1. The molecule has 1 saturated carbocycles. The van der Waals surface area contributed by atoms with Crippen LogP contribution in [0.15, 0.2) is 24.3 Å². The fourth-order valence-electron chi connectivity index (χ4n) is 2.71. The maximum absolute atomic E-state index is 11.9. The fourth-order valence-corrected chi connectivity index (χ4v) is 2.71. The molecule has 0 bridgehead atoms. The molecule has 2 amide bonds. The van der Waals surface area contributed by atoms with Gasteiger partial charge < -0.3 is 15.7 Å². The fraction of sp³-hybridized carbons (Fsp3) is 0.471. The van der Waals surface area contributed by atoms with Crippen LogP contribution in [0.4, 0.5) is 0 Å². The number of rotatable bonds is 7. The van der Waals surface area contributed by atoms with Gasteiger partial charge in [0.15, 0.2) is 0 Å². The van der Waals surface area contributed by atoms with Crippen LogP contribution in [0.5, 0.6) is 0 Å². The molecular formula is C17H22N2O4. The molecule has 1 aromatic carbocycles. The average Bonchev–Trinajstić information content (AvgIpc) is 2.46. The lowest BCUT2D eigenvalue weighted by Crippen LogP contribution is -2.43. The molecule has 6 heteroatoms. The van der Waals surface area contributed by atoms with Crippen LogP contribution in [0.25, 0.3) is 0 Å². The molecule has 0 aliphatic heterocycles. The van der Waals surface area contributed by atoms with Crippen LogP contribution in [0, 0.1) is 12.3 Å². The van der Waals surface area contributed by atoms with E-state index in [1.807, 2.05) is 19.1 Å². The molecule has 1 aromatic rings. The van der Waals surface area contributed by atoms with Crippen LogP contribution >= 0.6 is 0 Å². The summed E-state index contributed by atoms with van der Waals surface area (Å²) in [6.45, 7) is 2.50. The molecule has 0 heterocycles. The van der Waals surface area contributed by atoms with Gasteiger partial charge in [-0.1, -0.05) is 24.1 Å². The van der Waals surface area contributed by atoms with Crippen molar-refractivity contribution in [3.05, 3.63) is 35.4 Å². The van der Waals surface area contributed by atoms with Crippen molar-refractivity contribution in [3.63, 3.8) is 0 Å². The Labute approximate surface area is 135 Å². The van der Waals surface area contributed by atoms with Gasteiger partial charge in [-0.2, -0.15) is 0 Å². The molecule has 3 N–H and O–H groups in total. The summed E-state index contributed by atoms with van der Waals surface area (Å²) in [6.07, 6.45) is 1.97. The van der Waals surface area contributed by atoms with Gasteiger partial charge in [0.1, 0.15) is 0 Å². The van der Waals surface area contributed by atoms with E-state index >= 15 is 0 Å². The molecule has 1 aliphatic rings.